The minimum absolute atomic E-state index is 0.0196. The largest absolute Gasteiger partial charge is 0.478 e. The first-order valence-corrected chi connectivity index (χ1v) is 18.0. The third-order valence-corrected chi connectivity index (χ3v) is 10.2. The number of benzene rings is 5. The van der Waals surface area contributed by atoms with Crippen molar-refractivity contribution in [3.8, 4) is 11.5 Å². The molecule has 1 atom stereocenters. The fourth-order valence-electron chi connectivity index (χ4n) is 6.25. The number of carbonyl (C=O) groups excluding carboxylic acids is 2. The van der Waals surface area contributed by atoms with Gasteiger partial charge in [-0.2, -0.15) is 0 Å². The third kappa shape index (κ3) is 7.83. The quantitative estimate of drug-likeness (QED) is 0.125. The van der Waals surface area contributed by atoms with Crippen molar-refractivity contribution >= 4 is 45.4 Å². The number of aryl methyl sites for hydroxylation is 1. The molecular weight excluding hydrogens is 708 g/mol. The summed E-state index contributed by atoms with van der Waals surface area (Å²) in [6.07, 6.45) is 2.03. The number of halogens is 1. The minimum Gasteiger partial charge on any atom is -0.478 e. The fourth-order valence-corrected chi connectivity index (χ4v) is 7.51. The van der Waals surface area contributed by atoms with Crippen LogP contribution in [0.5, 0.6) is 11.5 Å². The Balaban J connectivity index is 1.44. The van der Waals surface area contributed by atoms with Gasteiger partial charge in [0.1, 0.15) is 11.5 Å². The van der Waals surface area contributed by atoms with Crippen LogP contribution in [0.15, 0.2) is 120 Å². The summed E-state index contributed by atoms with van der Waals surface area (Å²) in [5.41, 5.74) is -0.183. The van der Waals surface area contributed by atoms with E-state index in [1.165, 1.54) is 23.1 Å². The van der Waals surface area contributed by atoms with Gasteiger partial charge in [0.25, 0.3) is 21.8 Å². The van der Waals surface area contributed by atoms with Crippen molar-refractivity contribution in [3.63, 3.8) is 0 Å². The Bertz CT molecular complexity index is 2310. The molecule has 0 saturated carbocycles. The zero-order valence-corrected chi connectivity index (χ0v) is 28.9. The normalized spacial score (nSPS) is 13.8. The third-order valence-electron chi connectivity index (χ3n) is 8.63. The molecule has 0 aromatic heterocycles. The molecule has 13 heteroatoms. The molecule has 52 heavy (non-hydrogen) atoms. The molecule has 6 rings (SSSR count). The van der Waals surface area contributed by atoms with Crippen LogP contribution in [0.3, 0.4) is 0 Å². The molecule has 5 aromatic carbocycles. The first-order chi connectivity index (χ1) is 24.9. The number of hydrogen-bond donors (Lipinski definition) is 3. The van der Waals surface area contributed by atoms with Gasteiger partial charge < -0.3 is 19.8 Å². The lowest BCUT2D eigenvalue weighted by atomic mass is 9.86. The molecular formula is C39H31ClN2O9S. The van der Waals surface area contributed by atoms with Crippen LogP contribution in [-0.2, 0) is 23.0 Å². The molecule has 0 saturated heterocycles. The van der Waals surface area contributed by atoms with Gasteiger partial charge in [0.15, 0.2) is 0 Å². The van der Waals surface area contributed by atoms with E-state index in [2.05, 4.69) is 0 Å². The van der Waals surface area contributed by atoms with Gasteiger partial charge in [-0.3, -0.25) is 9.59 Å². The minimum atomic E-state index is -4.57. The zero-order chi connectivity index (χ0) is 37.0. The lowest BCUT2D eigenvalue weighted by Crippen LogP contribution is -2.38. The Labute approximate surface area is 304 Å². The van der Waals surface area contributed by atoms with Crippen molar-refractivity contribution in [2.45, 2.75) is 36.7 Å². The van der Waals surface area contributed by atoms with E-state index in [0.29, 0.717) is 29.5 Å². The second-order valence-corrected chi connectivity index (χ2v) is 14.2. The van der Waals surface area contributed by atoms with Gasteiger partial charge in [-0.15, -0.1) is 0 Å². The topological polar surface area (TPSA) is 167 Å². The van der Waals surface area contributed by atoms with E-state index in [-0.39, 0.29) is 16.5 Å². The predicted octanol–water partition coefficient (Wildman–Crippen LogP) is 7.37. The summed E-state index contributed by atoms with van der Waals surface area (Å²) in [6, 6.07) is 29.8. The van der Waals surface area contributed by atoms with Gasteiger partial charge in [0.2, 0.25) is 0 Å². The van der Waals surface area contributed by atoms with Crippen molar-refractivity contribution in [1.82, 2.24) is 9.62 Å². The van der Waals surface area contributed by atoms with Crippen molar-refractivity contribution in [2.75, 3.05) is 0 Å². The molecule has 264 valence electrons. The summed E-state index contributed by atoms with van der Waals surface area (Å²) in [4.78, 5) is 54.4. The molecule has 0 bridgehead atoms. The van der Waals surface area contributed by atoms with Crippen LogP contribution in [0.25, 0.3) is 0 Å². The standard InChI is InChI=1S/C39H31ClN2O9S/c40-26-12-8-16-29(20-26)52(49,50)41-36(43)31-21-32(34(39(47)48)22-33(31)38(45)46)37(44)42(35-18-7-11-25-10-4-5-17-30(25)35)23-24-9-6-15-28(19-24)51-27-13-2-1-3-14-27/h1-6,8-10,12-17,19-22,35H,7,11,18,23H2,(H,41,43)(H,45,46)(H,47,48)/t35-/m0/s1. The number of aromatic carboxylic acids is 2. The monoisotopic (exact) mass is 738 g/mol. The number of rotatable bonds is 11. The zero-order valence-electron chi connectivity index (χ0n) is 27.4. The molecule has 0 spiro atoms. The van der Waals surface area contributed by atoms with E-state index in [1.807, 2.05) is 47.2 Å². The van der Waals surface area contributed by atoms with Crippen molar-refractivity contribution in [2.24, 2.45) is 0 Å². The number of amides is 2. The highest BCUT2D eigenvalue weighted by atomic mass is 35.5. The lowest BCUT2D eigenvalue weighted by Gasteiger charge is -2.36. The van der Waals surface area contributed by atoms with Crippen LogP contribution in [0.2, 0.25) is 5.02 Å². The second kappa shape index (κ2) is 15.1. The van der Waals surface area contributed by atoms with Gasteiger partial charge >= 0.3 is 11.9 Å². The molecule has 2 amide bonds. The Hall–Kier alpha value is -5.98. The SMILES string of the molecule is O=C(O)c1cc(C(=O)O)c(C(=O)N(Cc2cccc(Oc3ccccc3)c2)[C@H]2CCCc3ccccc32)cc1C(=O)NS(=O)(=O)c1cccc(Cl)c1. The number of sulfonamides is 1. The highest BCUT2D eigenvalue weighted by Crippen LogP contribution is 2.37. The number of hydrogen-bond acceptors (Lipinski definition) is 7. The summed E-state index contributed by atoms with van der Waals surface area (Å²) in [5.74, 6) is -4.42. The maximum absolute atomic E-state index is 14.8. The van der Waals surface area contributed by atoms with Gasteiger partial charge in [0, 0.05) is 11.6 Å². The Morgan fingerprint density at radius 1 is 0.750 bits per heavy atom. The average molecular weight is 739 g/mol. The number of nitrogens with one attached hydrogen (secondary N) is 1. The molecule has 0 heterocycles. The summed E-state index contributed by atoms with van der Waals surface area (Å²) < 4.78 is 34.0. The fraction of sp³-hybridized carbons (Fsp3) is 0.128. The molecule has 1 aliphatic rings. The number of para-hydroxylation sites is 1. The van der Waals surface area contributed by atoms with Crippen LogP contribution in [0.4, 0.5) is 0 Å². The van der Waals surface area contributed by atoms with Gasteiger partial charge in [-0.25, -0.2) is 22.7 Å². The number of fused-ring (bicyclic) bond motifs is 1. The lowest BCUT2D eigenvalue weighted by molar-refractivity contribution is 0.0613. The number of carbonyl (C=O) groups is 4. The maximum Gasteiger partial charge on any atom is 0.336 e. The highest BCUT2D eigenvalue weighted by molar-refractivity contribution is 7.90. The smallest absolute Gasteiger partial charge is 0.336 e. The molecule has 11 nitrogen and oxygen atoms in total. The molecule has 0 fully saturated rings. The van der Waals surface area contributed by atoms with E-state index in [9.17, 15) is 37.8 Å². The first-order valence-electron chi connectivity index (χ1n) is 16.1. The van der Waals surface area contributed by atoms with Crippen molar-refractivity contribution in [1.29, 1.82) is 0 Å². The summed E-state index contributed by atoms with van der Waals surface area (Å²) in [6.45, 7) is -0.0196. The Kier molecular flexibility index (Phi) is 10.4. The van der Waals surface area contributed by atoms with E-state index in [1.54, 1.807) is 36.4 Å². The predicted molar refractivity (Wildman–Crippen MR) is 191 cm³/mol. The number of carboxylic acids is 2. The number of nitrogens with zero attached hydrogens (tertiary/aromatic N) is 1. The molecule has 5 aromatic rings. The molecule has 0 radical (unpaired) electrons. The van der Waals surface area contributed by atoms with Crippen LogP contribution in [0.1, 0.15) is 77.0 Å². The number of carboxylic acid groups (broad SMARTS) is 2. The molecule has 0 unspecified atom stereocenters. The van der Waals surface area contributed by atoms with Crippen LogP contribution >= 0.6 is 11.6 Å². The Morgan fingerprint density at radius 3 is 2.13 bits per heavy atom. The van der Waals surface area contributed by atoms with E-state index in [4.69, 9.17) is 16.3 Å². The van der Waals surface area contributed by atoms with Crippen molar-refractivity contribution in [3.05, 3.63) is 159 Å². The molecule has 3 N–H and O–H groups in total. The Morgan fingerprint density at radius 2 is 1.40 bits per heavy atom. The first kappa shape index (κ1) is 35.8. The summed E-state index contributed by atoms with van der Waals surface area (Å²) in [5, 5.41) is 20.3. The second-order valence-electron chi connectivity index (χ2n) is 12.0. The molecule has 0 aliphatic heterocycles. The average Bonchev–Trinajstić information content (AvgIpc) is 3.13. The van der Waals surface area contributed by atoms with Crippen LogP contribution < -0.4 is 9.46 Å². The van der Waals surface area contributed by atoms with E-state index >= 15 is 0 Å². The maximum atomic E-state index is 14.8. The van der Waals surface area contributed by atoms with Crippen LogP contribution in [-0.4, -0.2) is 47.3 Å². The highest BCUT2D eigenvalue weighted by Gasteiger charge is 2.34. The summed E-state index contributed by atoms with van der Waals surface area (Å²) >= 11 is 5.94. The molecule has 1 aliphatic carbocycles. The van der Waals surface area contributed by atoms with Gasteiger partial charge in [-0.05, 0) is 90.6 Å². The van der Waals surface area contributed by atoms with E-state index in [0.717, 1.165) is 36.1 Å². The van der Waals surface area contributed by atoms with E-state index < -0.39 is 62.1 Å². The van der Waals surface area contributed by atoms with Crippen molar-refractivity contribution < 1.29 is 42.5 Å². The summed E-state index contributed by atoms with van der Waals surface area (Å²) in [7, 11) is -4.57. The number of ether oxygens (including phenoxy) is 1. The van der Waals surface area contributed by atoms with Gasteiger partial charge in [0.05, 0.1) is 33.2 Å². The van der Waals surface area contributed by atoms with Gasteiger partial charge in [-0.1, -0.05) is 72.3 Å². The van der Waals surface area contributed by atoms with Crippen LogP contribution in [0, 0.1) is 0 Å².